The zero-order valence-electron chi connectivity index (χ0n) is 8.59. The molecular formula is C11H21NO. The quantitative estimate of drug-likeness (QED) is 0.719. The smallest absolute Gasteiger partial charge is 0.0619 e. The van der Waals surface area contributed by atoms with E-state index in [4.69, 9.17) is 4.74 Å². The predicted octanol–water partition coefficient (Wildman–Crippen LogP) is 1.94. The topological polar surface area (TPSA) is 21.3 Å². The molecule has 2 aliphatic rings. The van der Waals surface area contributed by atoms with Gasteiger partial charge in [-0.2, -0.15) is 0 Å². The maximum atomic E-state index is 5.44. The molecule has 2 heteroatoms. The average Bonchev–Trinajstić information content (AvgIpc) is 2.86. The van der Waals surface area contributed by atoms with Crippen LogP contribution >= 0.6 is 0 Å². The molecule has 1 saturated heterocycles. The van der Waals surface area contributed by atoms with Gasteiger partial charge in [-0.15, -0.1) is 0 Å². The molecule has 2 rings (SSSR count). The predicted molar refractivity (Wildman–Crippen MR) is 53.8 cm³/mol. The summed E-state index contributed by atoms with van der Waals surface area (Å²) >= 11 is 0. The van der Waals surface area contributed by atoms with Crippen LogP contribution in [0.25, 0.3) is 0 Å². The van der Waals surface area contributed by atoms with E-state index < -0.39 is 0 Å². The lowest BCUT2D eigenvalue weighted by Crippen LogP contribution is -2.38. The number of ether oxygens (including phenoxy) is 1. The van der Waals surface area contributed by atoms with Gasteiger partial charge in [0.25, 0.3) is 0 Å². The van der Waals surface area contributed by atoms with E-state index in [0.717, 1.165) is 25.2 Å². The van der Waals surface area contributed by atoms with Crippen molar-refractivity contribution >= 4 is 0 Å². The average molecular weight is 183 g/mol. The minimum atomic E-state index is 0.653. The number of hydrogen-bond acceptors (Lipinski definition) is 2. The first-order valence-electron chi connectivity index (χ1n) is 5.74. The van der Waals surface area contributed by atoms with Crippen molar-refractivity contribution in [1.29, 1.82) is 0 Å². The highest BCUT2D eigenvalue weighted by Crippen LogP contribution is 2.35. The van der Waals surface area contributed by atoms with Crippen molar-refractivity contribution in [2.24, 2.45) is 5.92 Å². The molecule has 2 fully saturated rings. The molecule has 0 radical (unpaired) electrons. The van der Waals surface area contributed by atoms with Crippen LogP contribution in [0, 0.1) is 5.92 Å². The molecule has 1 aliphatic heterocycles. The lowest BCUT2D eigenvalue weighted by molar-refractivity contribution is 0.0693. The number of nitrogens with one attached hydrogen (secondary N) is 1. The van der Waals surface area contributed by atoms with E-state index in [1.54, 1.807) is 0 Å². The summed E-state index contributed by atoms with van der Waals surface area (Å²) in [5.41, 5.74) is 0. The monoisotopic (exact) mass is 183 g/mol. The van der Waals surface area contributed by atoms with E-state index in [1.807, 2.05) is 0 Å². The second kappa shape index (κ2) is 4.43. The van der Waals surface area contributed by atoms with E-state index >= 15 is 0 Å². The Morgan fingerprint density at radius 2 is 2.38 bits per heavy atom. The normalized spacial score (nSPS) is 39.0. The SMILES string of the molecule is CCCC1CC1NC1CCCOC1. The second-order valence-corrected chi connectivity index (χ2v) is 4.47. The Kier molecular flexibility index (Phi) is 3.23. The first-order chi connectivity index (χ1) is 6.40. The maximum absolute atomic E-state index is 5.44. The van der Waals surface area contributed by atoms with Crippen LogP contribution in [-0.4, -0.2) is 25.3 Å². The molecule has 0 spiro atoms. The molecule has 3 atom stereocenters. The molecule has 0 aromatic heterocycles. The van der Waals surface area contributed by atoms with Crippen LogP contribution in [0.15, 0.2) is 0 Å². The van der Waals surface area contributed by atoms with Crippen molar-refractivity contribution in [3.63, 3.8) is 0 Å². The summed E-state index contributed by atoms with van der Waals surface area (Å²) in [4.78, 5) is 0. The largest absolute Gasteiger partial charge is 0.380 e. The molecule has 1 saturated carbocycles. The van der Waals surface area contributed by atoms with Crippen LogP contribution in [0.2, 0.25) is 0 Å². The van der Waals surface area contributed by atoms with Gasteiger partial charge < -0.3 is 10.1 Å². The second-order valence-electron chi connectivity index (χ2n) is 4.47. The first kappa shape index (κ1) is 9.47. The summed E-state index contributed by atoms with van der Waals surface area (Å²) in [7, 11) is 0. The third-order valence-electron chi connectivity index (χ3n) is 3.19. The molecule has 76 valence electrons. The highest BCUT2D eigenvalue weighted by molar-refractivity contribution is 4.94. The fraction of sp³-hybridized carbons (Fsp3) is 1.00. The third kappa shape index (κ3) is 2.68. The number of rotatable bonds is 4. The standard InChI is InChI=1S/C11H21NO/c1-2-4-9-7-11(9)12-10-5-3-6-13-8-10/h9-12H,2-8H2,1H3. The molecule has 1 heterocycles. The Hall–Kier alpha value is -0.0800. The molecule has 1 aliphatic carbocycles. The van der Waals surface area contributed by atoms with Crippen LogP contribution in [0.3, 0.4) is 0 Å². The summed E-state index contributed by atoms with van der Waals surface area (Å²) in [6, 6.07) is 1.48. The van der Waals surface area contributed by atoms with Gasteiger partial charge in [-0.25, -0.2) is 0 Å². The fourth-order valence-electron chi connectivity index (χ4n) is 2.32. The lowest BCUT2D eigenvalue weighted by Gasteiger charge is -2.23. The van der Waals surface area contributed by atoms with Gasteiger partial charge in [0.15, 0.2) is 0 Å². The Morgan fingerprint density at radius 3 is 3.08 bits per heavy atom. The van der Waals surface area contributed by atoms with Gasteiger partial charge in [0.2, 0.25) is 0 Å². The first-order valence-corrected chi connectivity index (χ1v) is 5.74. The van der Waals surface area contributed by atoms with Crippen molar-refractivity contribution < 1.29 is 4.74 Å². The van der Waals surface area contributed by atoms with Crippen LogP contribution in [-0.2, 0) is 4.74 Å². The molecule has 2 nitrogen and oxygen atoms in total. The molecule has 13 heavy (non-hydrogen) atoms. The van der Waals surface area contributed by atoms with Gasteiger partial charge in [-0.3, -0.25) is 0 Å². The summed E-state index contributed by atoms with van der Waals surface area (Å²) in [6.45, 7) is 4.19. The van der Waals surface area contributed by atoms with E-state index in [1.165, 1.54) is 32.1 Å². The van der Waals surface area contributed by atoms with Crippen LogP contribution in [0.5, 0.6) is 0 Å². The molecular weight excluding hydrogens is 162 g/mol. The molecule has 0 bridgehead atoms. The third-order valence-corrected chi connectivity index (χ3v) is 3.19. The Morgan fingerprint density at radius 1 is 1.46 bits per heavy atom. The lowest BCUT2D eigenvalue weighted by atomic mass is 10.1. The minimum absolute atomic E-state index is 0.653. The van der Waals surface area contributed by atoms with Crippen molar-refractivity contribution in [2.45, 2.75) is 51.1 Å². The zero-order valence-corrected chi connectivity index (χ0v) is 8.59. The molecule has 3 unspecified atom stereocenters. The van der Waals surface area contributed by atoms with Crippen LogP contribution < -0.4 is 5.32 Å². The van der Waals surface area contributed by atoms with Crippen molar-refractivity contribution in [1.82, 2.24) is 5.32 Å². The Bertz CT molecular complexity index is 154. The maximum Gasteiger partial charge on any atom is 0.0619 e. The molecule has 1 N–H and O–H groups in total. The fourth-order valence-corrected chi connectivity index (χ4v) is 2.32. The summed E-state index contributed by atoms with van der Waals surface area (Å²) < 4.78 is 5.44. The van der Waals surface area contributed by atoms with Crippen molar-refractivity contribution in [2.75, 3.05) is 13.2 Å². The zero-order chi connectivity index (χ0) is 9.10. The number of hydrogen-bond donors (Lipinski definition) is 1. The highest BCUT2D eigenvalue weighted by atomic mass is 16.5. The molecule has 0 aromatic rings. The Balaban J connectivity index is 1.62. The van der Waals surface area contributed by atoms with Gasteiger partial charge in [-0.05, 0) is 31.6 Å². The van der Waals surface area contributed by atoms with Gasteiger partial charge >= 0.3 is 0 Å². The Labute approximate surface area is 81.0 Å². The van der Waals surface area contributed by atoms with Gasteiger partial charge in [0.1, 0.15) is 0 Å². The summed E-state index contributed by atoms with van der Waals surface area (Å²) in [6.07, 6.45) is 6.71. The minimum Gasteiger partial charge on any atom is -0.380 e. The van der Waals surface area contributed by atoms with Gasteiger partial charge in [0, 0.05) is 18.7 Å². The van der Waals surface area contributed by atoms with E-state index in [0.29, 0.717) is 6.04 Å². The van der Waals surface area contributed by atoms with Crippen molar-refractivity contribution in [3.05, 3.63) is 0 Å². The van der Waals surface area contributed by atoms with Crippen molar-refractivity contribution in [3.8, 4) is 0 Å². The molecule has 0 amide bonds. The van der Waals surface area contributed by atoms with E-state index in [2.05, 4.69) is 12.2 Å². The van der Waals surface area contributed by atoms with Crippen LogP contribution in [0.4, 0.5) is 0 Å². The molecule has 0 aromatic carbocycles. The van der Waals surface area contributed by atoms with Gasteiger partial charge in [-0.1, -0.05) is 13.3 Å². The van der Waals surface area contributed by atoms with Gasteiger partial charge in [0.05, 0.1) is 6.61 Å². The van der Waals surface area contributed by atoms with Crippen LogP contribution in [0.1, 0.15) is 39.0 Å². The summed E-state index contributed by atoms with van der Waals surface area (Å²) in [5, 5.41) is 3.70. The van der Waals surface area contributed by atoms with E-state index in [-0.39, 0.29) is 0 Å². The highest BCUT2D eigenvalue weighted by Gasteiger charge is 2.37. The summed E-state index contributed by atoms with van der Waals surface area (Å²) in [5.74, 6) is 0.979. The van der Waals surface area contributed by atoms with E-state index in [9.17, 15) is 0 Å².